The van der Waals surface area contributed by atoms with Crippen LogP contribution in [0.15, 0.2) is 29.6 Å². The molecule has 0 radical (unpaired) electrons. The van der Waals surface area contributed by atoms with Crippen LogP contribution in [0.4, 0.5) is 18.0 Å². The lowest BCUT2D eigenvalue weighted by Gasteiger charge is -2.12. The van der Waals surface area contributed by atoms with Crippen molar-refractivity contribution in [1.29, 1.82) is 0 Å². The summed E-state index contributed by atoms with van der Waals surface area (Å²) in [6, 6.07) is 4.17. The Balaban J connectivity index is 1.63. The summed E-state index contributed by atoms with van der Waals surface area (Å²) in [5, 5.41) is 6.59. The predicted octanol–water partition coefficient (Wildman–Crippen LogP) is 2.11. The lowest BCUT2D eigenvalue weighted by Crippen LogP contribution is -2.38. The Hall–Kier alpha value is -2.95. The minimum atomic E-state index is -4.47. The van der Waals surface area contributed by atoms with Gasteiger partial charge in [0.05, 0.1) is 12.1 Å². The lowest BCUT2D eigenvalue weighted by atomic mass is 10.1. The average molecular weight is 398 g/mol. The molecular formula is C16H13F3N4O3S. The van der Waals surface area contributed by atoms with Crippen LogP contribution in [0.3, 0.4) is 0 Å². The van der Waals surface area contributed by atoms with Gasteiger partial charge in [-0.05, 0) is 12.1 Å². The molecule has 2 heterocycles. The Morgan fingerprint density at radius 3 is 2.78 bits per heavy atom. The van der Waals surface area contributed by atoms with Crippen LogP contribution in [0.5, 0.6) is 0 Å². The van der Waals surface area contributed by atoms with E-state index in [-0.39, 0.29) is 41.8 Å². The van der Waals surface area contributed by atoms with E-state index in [1.807, 2.05) is 0 Å². The fourth-order valence-electron chi connectivity index (χ4n) is 2.39. The van der Waals surface area contributed by atoms with Crippen LogP contribution < -0.4 is 10.6 Å². The molecule has 1 fully saturated rings. The van der Waals surface area contributed by atoms with Gasteiger partial charge in [0.15, 0.2) is 0 Å². The van der Waals surface area contributed by atoms with E-state index >= 15 is 0 Å². The third-order valence-corrected chi connectivity index (χ3v) is 4.62. The number of aromatic nitrogens is 1. The number of carbonyl (C=O) groups excluding carboxylic acids is 3. The maximum atomic E-state index is 12.8. The smallest absolute Gasteiger partial charge is 0.349 e. The van der Waals surface area contributed by atoms with E-state index in [9.17, 15) is 27.6 Å². The highest BCUT2D eigenvalue weighted by Gasteiger charge is 2.31. The Bertz CT molecular complexity index is 881. The van der Waals surface area contributed by atoms with Crippen molar-refractivity contribution < 1.29 is 27.6 Å². The van der Waals surface area contributed by atoms with Crippen LogP contribution in [0.1, 0.15) is 16.1 Å². The monoisotopic (exact) mass is 398 g/mol. The first-order chi connectivity index (χ1) is 12.8. The molecule has 0 saturated carbocycles. The molecule has 1 aromatic carbocycles. The second kappa shape index (κ2) is 7.35. The molecule has 11 heteroatoms. The molecular weight excluding hydrogens is 385 g/mol. The number of thiazole rings is 1. The lowest BCUT2D eigenvalue weighted by molar-refractivity contribution is -0.137. The molecule has 2 aromatic rings. The van der Waals surface area contributed by atoms with Crippen LogP contribution in [0, 0.1) is 0 Å². The van der Waals surface area contributed by atoms with Crippen molar-refractivity contribution in [1.82, 2.24) is 20.5 Å². The molecule has 2 N–H and O–H groups in total. The number of halogens is 3. The number of urea groups is 1. The molecule has 0 bridgehead atoms. The number of nitrogens with zero attached hydrogens (tertiary/aromatic N) is 2. The molecule has 27 heavy (non-hydrogen) atoms. The standard InChI is InChI=1S/C16H13F3N4O3S/c17-16(18,19)10-3-1-2-9(6-10)14-22-11(8-27-14)13(25)20-4-5-23-12(24)7-21-15(23)26/h1-3,6,8H,4-5,7H2,(H,20,25)(H,21,26). The molecule has 0 unspecified atom stereocenters. The number of hydrogen-bond acceptors (Lipinski definition) is 5. The van der Waals surface area contributed by atoms with Crippen molar-refractivity contribution in [3.05, 3.63) is 40.9 Å². The van der Waals surface area contributed by atoms with E-state index < -0.39 is 23.7 Å². The molecule has 1 aliphatic heterocycles. The number of carbonyl (C=O) groups is 3. The Morgan fingerprint density at radius 2 is 2.11 bits per heavy atom. The molecule has 7 nitrogen and oxygen atoms in total. The summed E-state index contributed by atoms with van der Waals surface area (Å²) in [5.74, 6) is -0.925. The van der Waals surface area contributed by atoms with E-state index in [0.717, 1.165) is 28.4 Å². The summed E-state index contributed by atoms with van der Waals surface area (Å²) in [4.78, 5) is 40.0. The van der Waals surface area contributed by atoms with Gasteiger partial charge < -0.3 is 10.6 Å². The van der Waals surface area contributed by atoms with Crippen LogP contribution >= 0.6 is 11.3 Å². The largest absolute Gasteiger partial charge is 0.416 e. The fraction of sp³-hybridized carbons (Fsp3) is 0.250. The highest BCUT2D eigenvalue weighted by molar-refractivity contribution is 7.13. The summed E-state index contributed by atoms with van der Waals surface area (Å²) < 4.78 is 38.4. The van der Waals surface area contributed by atoms with E-state index in [2.05, 4.69) is 15.6 Å². The molecule has 1 saturated heterocycles. The summed E-state index contributed by atoms with van der Waals surface area (Å²) in [7, 11) is 0. The van der Waals surface area contributed by atoms with Gasteiger partial charge in [-0.1, -0.05) is 12.1 Å². The highest BCUT2D eigenvalue weighted by Crippen LogP contribution is 2.33. The van der Waals surface area contributed by atoms with Crippen molar-refractivity contribution in [3.8, 4) is 10.6 Å². The molecule has 0 spiro atoms. The number of hydrogen-bond donors (Lipinski definition) is 2. The van der Waals surface area contributed by atoms with Crippen molar-refractivity contribution >= 4 is 29.2 Å². The number of rotatable bonds is 5. The van der Waals surface area contributed by atoms with Crippen LogP contribution in [-0.4, -0.2) is 47.4 Å². The predicted molar refractivity (Wildman–Crippen MR) is 90.0 cm³/mol. The van der Waals surface area contributed by atoms with Crippen LogP contribution in [-0.2, 0) is 11.0 Å². The van der Waals surface area contributed by atoms with Gasteiger partial charge in [-0.15, -0.1) is 11.3 Å². The zero-order valence-electron chi connectivity index (χ0n) is 13.7. The van der Waals surface area contributed by atoms with E-state index in [1.54, 1.807) is 0 Å². The number of nitrogens with one attached hydrogen (secondary N) is 2. The van der Waals surface area contributed by atoms with Gasteiger partial charge in [0.1, 0.15) is 10.7 Å². The first-order valence-corrected chi connectivity index (χ1v) is 8.63. The van der Waals surface area contributed by atoms with Gasteiger partial charge in [-0.25, -0.2) is 9.78 Å². The van der Waals surface area contributed by atoms with Gasteiger partial charge in [0.25, 0.3) is 5.91 Å². The number of amides is 4. The summed E-state index contributed by atoms with van der Waals surface area (Å²) in [6.45, 7) is -0.0192. The molecule has 3 rings (SSSR count). The molecule has 142 valence electrons. The van der Waals surface area contributed by atoms with E-state index in [1.165, 1.54) is 17.5 Å². The first kappa shape index (κ1) is 18.8. The van der Waals surface area contributed by atoms with Gasteiger partial charge in [-0.3, -0.25) is 14.5 Å². The third kappa shape index (κ3) is 4.25. The highest BCUT2D eigenvalue weighted by atomic mass is 32.1. The SMILES string of the molecule is O=C(NCCN1C(=O)CNC1=O)c1csc(-c2cccc(C(F)(F)F)c2)n1. The first-order valence-electron chi connectivity index (χ1n) is 7.75. The average Bonchev–Trinajstić information content (AvgIpc) is 3.23. The normalized spacial score (nSPS) is 14.4. The fourth-order valence-corrected chi connectivity index (χ4v) is 3.19. The maximum Gasteiger partial charge on any atom is 0.416 e. The quantitative estimate of drug-likeness (QED) is 0.755. The second-order valence-electron chi connectivity index (χ2n) is 5.58. The Kier molecular flexibility index (Phi) is 5.13. The molecule has 1 aliphatic rings. The number of benzene rings is 1. The molecule has 0 atom stereocenters. The van der Waals surface area contributed by atoms with Gasteiger partial charge in [0, 0.05) is 24.0 Å². The van der Waals surface area contributed by atoms with Crippen molar-refractivity contribution in [2.24, 2.45) is 0 Å². The zero-order chi connectivity index (χ0) is 19.6. The molecule has 0 aliphatic carbocycles. The Morgan fingerprint density at radius 1 is 1.33 bits per heavy atom. The van der Waals surface area contributed by atoms with Crippen LogP contribution in [0.25, 0.3) is 10.6 Å². The van der Waals surface area contributed by atoms with Gasteiger partial charge in [-0.2, -0.15) is 13.2 Å². The minimum Gasteiger partial charge on any atom is -0.349 e. The molecule has 1 aromatic heterocycles. The third-order valence-electron chi connectivity index (χ3n) is 3.73. The van der Waals surface area contributed by atoms with E-state index in [4.69, 9.17) is 0 Å². The van der Waals surface area contributed by atoms with Gasteiger partial charge >= 0.3 is 12.2 Å². The van der Waals surface area contributed by atoms with Crippen LogP contribution in [0.2, 0.25) is 0 Å². The summed E-state index contributed by atoms with van der Waals surface area (Å²) >= 11 is 1.04. The number of imide groups is 1. The zero-order valence-corrected chi connectivity index (χ0v) is 14.5. The minimum absolute atomic E-state index is 0.0149. The number of alkyl halides is 3. The van der Waals surface area contributed by atoms with Crippen molar-refractivity contribution in [2.75, 3.05) is 19.6 Å². The molecule has 4 amide bonds. The van der Waals surface area contributed by atoms with E-state index in [0.29, 0.717) is 0 Å². The topological polar surface area (TPSA) is 91.4 Å². The second-order valence-corrected chi connectivity index (χ2v) is 6.43. The van der Waals surface area contributed by atoms with Crippen molar-refractivity contribution in [3.63, 3.8) is 0 Å². The van der Waals surface area contributed by atoms with Crippen molar-refractivity contribution in [2.45, 2.75) is 6.18 Å². The Labute approximate surface area is 155 Å². The summed E-state index contributed by atoms with van der Waals surface area (Å²) in [6.07, 6.45) is -4.47. The maximum absolute atomic E-state index is 12.8. The van der Waals surface area contributed by atoms with Gasteiger partial charge in [0.2, 0.25) is 5.91 Å². The summed E-state index contributed by atoms with van der Waals surface area (Å²) in [5.41, 5.74) is -0.493.